The van der Waals surface area contributed by atoms with Crippen LogP contribution in [0.25, 0.3) is 0 Å². The molecule has 3 aromatic rings. The molecule has 4 rings (SSSR count). The second-order valence-corrected chi connectivity index (χ2v) is 15.0. The van der Waals surface area contributed by atoms with E-state index in [-0.39, 0.29) is 26.9 Å². The van der Waals surface area contributed by atoms with E-state index in [1.807, 2.05) is 0 Å². The average Bonchev–Trinajstić information content (AvgIpc) is 3.23. The number of halogens is 17. The first-order valence-corrected chi connectivity index (χ1v) is 17.7. The van der Waals surface area contributed by atoms with Crippen LogP contribution < -0.4 is 16.4 Å². The first-order valence-electron chi connectivity index (χ1n) is 15.2. The molecule has 1 aliphatic rings. The van der Waals surface area contributed by atoms with Crippen molar-refractivity contribution in [2.45, 2.75) is 41.4 Å². The first kappa shape index (κ1) is 47.5. The van der Waals surface area contributed by atoms with Crippen LogP contribution in [-0.4, -0.2) is 31.4 Å². The Balaban J connectivity index is 0.00000119. The maximum atomic E-state index is 14.6. The number of alkyl halides is 2. The fraction of sp³-hybridized carbons (Fsp3) is 0.303. The van der Waals surface area contributed by atoms with Gasteiger partial charge in [-0.25, -0.2) is 65.9 Å². The number of rotatable bonds is 3. The molecule has 0 amide bonds. The van der Waals surface area contributed by atoms with Crippen molar-refractivity contribution in [3.05, 3.63) is 117 Å². The summed E-state index contributed by atoms with van der Waals surface area (Å²) in [5.74, 6) is -37.7. The summed E-state index contributed by atoms with van der Waals surface area (Å²) in [5.41, 5.74) is -7.89. The monoisotopic (exact) mass is 1020 g/mol. The normalized spacial score (nSPS) is 15.2. The van der Waals surface area contributed by atoms with Crippen LogP contribution in [0.2, 0.25) is 6.82 Å². The van der Waals surface area contributed by atoms with Gasteiger partial charge in [0, 0.05) is 20.1 Å². The molecule has 0 unspecified atom stereocenters. The Hall–Kier alpha value is -1.67. The molecule has 0 aromatic heterocycles. The predicted octanol–water partition coefficient (Wildman–Crippen LogP) is 10.6. The van der Waals surface area contributed by atoms with Gasteiger partial charge in [-0.15, -0.1) is 47.5 Å². The third-order valence-corrected chi connectivity index (χ3v) is 8.28. The fourth-order valence-corrected chi connectivity index (χ4v) is 5.23. The Bertz CT molecular complexity index is 1540. The Labute approximate surface area is 325 Å². The van der Waals surface area contributed by atoms with E-state index in [4.69, 9.17) is 2.74 Å². The Morgan fingerprint density at radius 1 is 0.396 bits per heavy atom. The molecule has 1 aliphatic carbocycles. The van der Waals surface area contributed by atoms with Crippen LogP contribution in [0.15, 0.2) is 0 Å². The molecule has 0 bridgehead atoms. The molecule has 3 aromatic carbocycles. The summed E-state index contributed by atoms with van der Waals surface area (Å²) in [7, 11) is 0.380. The van der Waals surface area contributed by atoms with Gasteiger partial charge in [-0.1, -0.05) is 34.6 Å². The van der Waals surface area contributed by atoms with Gasteiger partial charge in [0.25, 0.3) is 0 Å². The van der Waals surface area contributed by atoms with Crippen molar-refractivity contribution in [2.75, 3.05) is 25.3 Å². The Morgan fingerprint density at radius 2 is 0.491 bits per heavy atom. The molecule has 53 heavy (non-hydrogen) atoms. The minimum absolute atomic E-state index is 0. The number of benzene rings is 3. The van der Waals surface area contributed by atoms with Crippen LogP contribution in [0.5, 0.6) is 0 Å². The van der Waals surface area contributed by atoms with Gasteiger partial charge < -0.3 is 0 Å². The standard InChI is InChI=1S/C19H3BF15.C10H15.C3H9P.CH2Cl2.Ir/c1-20(2-5(21)11(27)17(33)12(28)6(2)22,3-7(23)13(29)18(34)14(30)8(3)24)4-9(25)15(31)19(35)16(32)10(4)26;1-6-7(2)9(4)10(5)8(6)3;1-4(2)3;2-1-3;/h1H3;1-5H3;1-3H3;1H2;/q-1;;;;/i;;;1D2;. The maximum absolute atomic E-state index is 14.6. The number of hydrogen-bond donors (Lipinski definition) is 0. The van der Waals surface area contributed by atoms with Crippen molar-refractivity contribution in [3.8, 4) is 0 Å². The molecular formula is C33H29BCl2F15IrP-. The molecule has 1 saturated carbocycles. The van der Waals surface area contributed by atoms with Crippen LogP contribution >= 0.6 is 31.1 Å². The van der Waals surface area contributed by atoms with Crippen molar-refractivity contribution in [1.29, 1.82) is 0 Å². The van der Waals surface area contributed by atoms with E-state index in [0.717, 1.165) is 0 Å². The van der Waals surface area contributed by atoms with Crippen LogP contribution in [0.1, 0.15) is 37.4 Å². The molecular weight excluding hydrogens is 986 g/mol. The van der Waals surface area contributed by atoms with Crippen LogP contribution in [0, 0.1) is 117 Å². The molecule has 6 radical (unpaired) electrons. The van der Waals surface area contributed by atoms with Gasteiger partial charge in [0.1, 0.15) is 41.0 Å². The van der Waals surface area contributed by atoms with E-state index >= 15 is 0 Å². The van der Waals surface area contributed by atoms with Crippen molar-refractivity contribution in [3.63, 3.8) is 0 Å². The fourth-order valence-electron chi connectivity index (χ4n) is 5.23. The zero-order valence-corrected chi connectivity index (χ0v) is 33.6. The van der Waals surface area contributed by atoms with Gasteiger partial charge in [-0.3, -0.25) is 0 Å². The van der Waals surface area contributed by atoms with Crippen LogP contribution in [0.4, 0.5) is 65.9 Å². The second-order valence-electron chi connectivity index (χ2n) is 11.8. The van der Waals surface area contributed by atoms with E-state index in [0.29, 0.717) is 7.92 Å². The molecule has 0 spiro atoms. The quantitative estimate of drug-likeness (QED) is 0.0613. The third-order valence-electron chi connectivity index (χ3n) is 8.28. The molecule has 1 fully saturated rings. The molecule has 0 heterocycles. The zero-order valence-electron chi connectivity index (χ0n) is 30.8. The van der Waals surface area contributed by atoms with Crippen molar-refractivity contribution < 1.29 is 88.7 Å². The molecule has 20 heteroatoms. The molecule has 0 N–H and O–H groups in total. The summed E-state index contributed by atoms with van der Waals surface area (Å²) in [6.07, 6.45) is -5.41. The van der Waals surface area contributed by atoms with Gasteiger partial charge in [-0.05, 0) is 49.6 Å². The minimum atomic E-state index is -5.41. The van der Waals surface area contributed by atoms with Crippen LogP contribution in [0.3, 0.4) is 0 Å². The topological polar surface area (TPSA) is 0 Å². The summed E-state index contributed by atoms with van der Waals surface area (Å²) in [6, 6.07) is 0. The smallest absolute Gasteiger partial charge is 0.200 e. The van der Waals surface area contributed by atoms with Gasteiger partial charge in [0.2, 0.25) is 0 Å². The molecule has 0 atom stereocenters. The van der Waals surface area contributed by atoms with Crippen LogP contribution in [-0.2, 0) is 20.1 Å². The minimum Gasteiger partial charge on any atom is -0.207 e. The molecule has 0 aliphatic heterocycles. The van der Waals surface area contributed by atoms with Crippen molar-refractivity contribution in [2.24, 2.45) is 0 Å². The summed E-state index contributed by atoms with van der Waals surface area (Å²) >= 11 is 9.26. The first-order chi connectivity index (χ1) is 24.3. The van der Waals surface area contributed by atoms with E-state index < -0.39 is 115 Å². The number of hydrogen-bond acceptors (Lipinski definition) is 0. The van der Waals surface area contributed by atoms with Gasteiger partial charge >= 0.3 is 0 Å². The zero-order chi connectivity index (χ0) is 42.9. The summed E-state index contributed by atoms with van der Waals surface area (Å²) < 4.78 is 224. The molecule has 0 saturated heterocycles. The van der Waals surface area contributed by atoms with E-state index in [9.17, 15) is 65.9 Å². The van der Waals surface area contributed by atoms with Gasteiger partial charge in [0.05, 0.1) is 8.03 Å². The average molecular weight is 1020 g/mol. The summed E-state index contributed by atoms with van der Waals surface area (Å²) in [4.78, 5) is 0. The molecule has 0 nitrogen and oxygen atoms in total. The Kier molecular flexibility index (Phi) is 18.4. The van der Waals surface area contributed by atoms with E-state index in [2.05, 4.69) is 77.8 Å². The predicted molar refractivity (Wildman–Crippen MR) is 175 cm³/mol. The second kappa shape index (κ2) is 20.5. The van der Waals surface area contributed by atoms with Gasteiger partial charge in [-0.2, -0.15) is 6.82 Å². The SMILES string of the molecule is CP(C)C.C[B-](c1c(F)c(F)c(F)c(F)c1F)(c1c(F)c(F)c(F)c(F)c1F)c1c(F)c(F)c(F)c(F)c1F.C[C]1[C](C)[C](C)[C](C)[C]1C.[2H]C([2H])(Cl)Cl.[Ir]. The van der Waals surface area contributed by atoms with E-state index in [1.54, 1.807) is 0 Å². The van der Waals surface area contributed by atoms with Gasteiger partial charge in [0.15, 0.2) is 52.4 Å². The Morgan fingerprint density at radius 3 is 0.604 bits per heavy atom. The van der Waals surface area contributed by atoms with Crippen molar-refractivity contribution in [1.82, 2.24) is 0 Å². The largest absolute Gasteiger partial charge is 0.207 e. The van der Waals surface area contributed by atoms with Crippen molar-refractivity contribution >= 4 is 53.7 Å². The summed E-state index contributed by atoms with van der Waals surface area (Å²) in [6.45, 7) is 17.5. The third kappa shape index (κ3) is 10.0. The summed E-state index contributed by atoms with van der Waals surface area (Å²) in [5, 5.41) is -2.06. The maximum Gasteiger partial charge on any atom is 0.200 e. The van der Waals surface area contributed by atoms with E-state index in [1.165, 1.54) is 29.6 Å². The molecule has 298 valence electrons.